The first-order valence-electron chi connectivity index (χ1n) is 4.89. The first-order chi connectivity index (χ1) is 8.03. The van der Waals surface area contributed by atoms with Crippen molar-refractivity contribution in [2.24, 2.45) is 0 Å². The number of anilines is 2. The molecular formula is C8H12N6O2S. The summed E-state index contributed by atoms with van der Waals surface area (Å²) in [5.74, 6) is 0.214. The molecule has 0 atom stereocenters. The monoisotopic (exact) mass is 256 g/mol. The van der Waals surface area contributed by atoms with Crippen molar-refractivity contribution < 1.29 is 8.42 Å². The first kappa shape index (κ1) is 11.5. The summed E-state index contributed by atoms with van der Waals surface area (Å²) in [5.41, 5.74) is 6.28. The highest BCUT2D eigenvalue weighted by atomic mass is 32.2. The molecule has 0 aliphatic carbocycles. The highest BCUT2D eigenvalue weighted by molar-refractivity contribution is 7.92. The van der Waals surface area contributed by atoms with Crippen molar-refractivity contribution in [1.29, 1.82) is 0 Å². The van der Waals surface area contributed by atoms with Gasteiger partial charge in [-0.15, -0.1) is 0 Å². The van der Waals surface area contributed by atoms with Crippen LogP contribution in [0.25, 0.3) is 0 Å². The molecule has 8 nitrogen and oxygen atoms in total. The molecule has 2 aromatic heterocycles. The van der Waals surface area contributed by atoms with E-state index in [2.05, 4.69) is 25.1 Å². The second kappa shape index (κ2) is 4.09. The molecule has 2 heterocycles. The van der Waals surface area contributed by atoms with Crippen LogP contribution in [0.3, 0.4) is 0 Å². The Bertz CT molecular complexity index is 614. The largest absolute Gasteiger partial charge is 0.383 e. The molecule has 0 aromatic carbocycles. The number of rotatable bonds is 4. The molecule has 0 unspecified atom stereocenters. The Hall–Kier alpha value is -2.03. The number of sulfonamides is 1. The maximum Gasteiger partial charge on any atom is 0.268 e. The van der Waals surface area contributed by atoms with Gasteiger partial charge in [-0.05, 0) is 6.42 Å². The molecule has 92 valence electrons. The smallest absolute Gasteiger partial charge is 0.268 e. The third-order valence-electron chi connectivity index (χ3n) is 2.17. The van der Waals surface area contributed by atoms with Crippen molar-refractivity contribution in [2.45, 2.75) is 18.2 Å². The van der Waals surface area contributed by atoms with Gasteiger partial charge in [0.25, 0.3) is 10.0 Å². The third-order valence-corrected chi connectivity index (χ3v) is 3.55. The summed E-state index contributed by atoms with van der Waals surface area (Å²) >= 11 is 0. The number of hydrogen-bond donors (Lipinski definition) is 4. The fourth-order valence-corrected chi connectivity index (χ4v) is 2.30. The second-order valence-corrected chi connectivity index (χ2v) is 5.04. The Morgan fingerprint density at radius 3 is 2.76 bits per heavy atom. The number of aryl methyl sites for hydroxylation is 1. The molecule has 5 N–H and O–H groups in total. The van der Waals surface area contributed by atoms with Crippen LogP contribution in [0, 0.1) is 0 Å². The Morgan fingerprint density at radius 2 is 2.24 bits per heavy atom. The minimum atomic E-state index is -3.75. The summed E-state index contributed by atoms with van der Waals surface area (Å²) in [7, 11) is -3.75. The fourth-order valence-electron chi connectivity index (χ4n) is 1.29. The average molecular weight is 256 g/mol. The predicted molar refractivity (Wildman–Crippen MR) is 61.8 cm³/mol. The lowest BCUT2D eigenvalue weighted by atomic mass is 10.3. The van der Waals surface area contributed by atoms with Crippen molar-refractivity contribution in [3.8, 4) is 0 Å². The zero-order valence-corrected chi connectivity index (χ0v) is 9.87. The molecule has 2 rings (SSSR count). The number of H-pyrrole nitrogens is 2. The minimum Gasteiger partial charge on any atom is -0.383 e. The van der Waals surface area contributed by atoms with Crippen LogP contribution in [0.15, 0.2) is 17.2 Å². The summed E-state index contributed by atoms with van der Waals surface area (Å²) in [6.07, 6.45) is 1.88. The van der Waals surface area contributed by atoms with Crippen LogP contribution in [-0.4, -0.2) is 28.8 Å². The van der Waals surface area contributed by atoms with Gasteiger partial charge in [-0.3, -0.25) is 14.9 Å². The standard InChI is InChI=1S/C8H12N6O2S/c1-2-5-3-7(12-11-5)14-17(15,16)6-4-10-13-8(6)9/h3-4H,2H2,1H3,(H3,9,10,13)(H2,11,12,14). The van der Waals surface area contributed by atoms with Gasteiger partial charge in [-0.1, -0.05) is 6.92 Å². The van der Waals surface area contributed by atoms with E-state index in [0.717, 1.165) is 18.3 Å². The van der Waals surface area contributed by atoms with E-state index >= 15 is 0 Å². The lowest BCUT2D eigenvalue weighted by Crippen LogP contribution is -2.14. The predicted octanol–water partition coefficient (Wildman–Crippen LogP) is 0.0782. The summed E-state index contributed by atoms with van der Waals surface area (Å²) in [6, 6.07) is 1.62. The summed E-state index contributed by atoms with van der Waals surface area (Å²) < 4.78 is 26.1. The topological polar surface area (TPSA) is 130 Å². The highest BCUT2D eigenvalue weighted by Crippen LogP contribution is 2.18. The Morgan fingerprint density at radius 1 is 1.47 bits per heavy atom. The summed E-state index contributed by atoms with van der Waals surface area (Å²) in [4.78, 5) is -0.0986. The van der Waals surface area contributed by atoms with E-state index in [0.29, 0.717) is 0 Å². The number of nitrogen functional groups attached to an aromatic ring is 1. The molecule has 0 saturated heterocycles. The molecule has 0 fully saturated rings. The van der Waals surface area contributed by atoms with E-state index in [1.165, 1.54) is 0 Å². The lowest BCUT2D eigenvalue weighted by Gasteiger charge is -2.02. The molecule has 0 amide bonds. The fraction of sp³-hybridized carbons (Fsp3) is 0.250. The van der Waals surface area contributed by atoms with E-state index in [9.17, 15) is 8.42 Å². The van der Waals surface area contributed by atoms with Crippen molar-refractivity contribution in [2.75, 3.05) is 10.5 Å². The molecule has 0 aliphatic rings. The normalized spacial score (nSPS) is 11.6. The Kier molecular flexibility index (Phi) is 2.76. The quantitative estimate of drug-likeness (QED) is 0.615. The molecule has 0 spiro atoms. The molecule has 0 bridgehead atoms. The van der Waals surface area contributed by atoms with Crippen LogP contribution < -0.4 is 10.5 Å². The number of aromatic amines is 2. The average Bonchev–Trinajstić information content (AvgIpc) is 2.86. The van der Waals surface area contributed by atoms with E-state index in [-0.39, 0.29) is 16.5 Å². The first-order valence-corrected chi connectivity index (χ1v) is 6.37. The molecule has 2 aromatic rings. The van der Waals surface area contributed by atoms with Gasteiger partial charge in [-0.2, -0.15) is 10.2 Å². The molecule has 9 heteroatoms. The summed E-state index contributed by atoms with van der Waals surface area (Å²) in [6.45, 7) is 1.93. The second-order valence-electron chi connectivity index (χ2n) is 3.39. The number of aromatic nitrogens is 4. The van der Waals surface area contributed by atoms with Crippen LogP contribution in [0.2, 0.25) is 0 Å². The van der Waals surface area contributed by atoms with Gasteiger partial charge < -0.3 is 5.73 Å². The van der Waals surface area contributed by atoms with Crippen LogP contribution >= 0.6 is 0 Å². The van der Waals surface area contributed by atoms with E-state index in [4.69, 9.17) is 5.73 Å². The molecule has 17 heavy (non-hydrogen) atoms. The number of nitrogens with zero attached hydrogens (tertiary/aromatic N) is 2. The van der Waals surface area contributed by atoms with Gasteiger partial charge >= 0.3 is 0 Å². The molecule has 0 radical (unpaired) electrons. The minimum absolute atomic E-state index is 0.0104. The van der Waals surface area contributed by atoms with E-state index in [1.807, 2.05) is 6.92 Å². The van der Waals surface area contributed by atoms with Crippen molar-refractivity contribution in [3.05, 3.63) is 18.0 Å². The number of hydrogen-bond acceptors (Lipinski definition) is 5. The number of nitrogens with two attached hydrogens (primary N) is 1. The van der Waals surface area contributed by atoms with Gasteiger partial charge in [-0.25, -0.2) is 8.42 Å². The van der Waals surface area contributed by atoms with Gasteiger partial charge in [0.15, 0.2) is 5.82 Å². The van der Waals surface area contributed by atoms with Gasteiger partial charge in [0, 0.05) is 11.8 Å². The Labute approximate surface area is 97.7 Å². The Balaban J connectivity index is 2.26. The lowest BCUT2D eigenvalue weighted by molar-refractivity contribution is 0.601. The van der Waals surface area contributed by atoms with Crippen molar-refractivity contribution in [3.63, 3.8) is 0 Å². The maximum atomic E-state index is 11.9. The molecular weight excluding hydrogens is 244 g/mol. The number of nitrogens with one attached hydrogen (secondary N) is 3. The van der Waals surface area contributed by atoms with Crippen LogP contribution in [0.5, 0.6) is 0 Å². The van der Waals surface area contributed by atoms with Gasteiger partial charge in [0.05, 0.1) is 6.20 Å². The van der Waals surface area contributed by atoms with E-state index < -0.39 is 10.0 Å². The van der Waals surface area contributed by atoms with E-state index in [1.54, 1.807) is 6.07 Å². The highest BCUT2D eigenvalue weighted by Gasteiger charge is 2.20. The zero-order chi connectivity index (χ0) is 12.5. The third kappa shape index (κ3) is 2.23. The molecule has 0 saturated carbocycles. The van der Waals surface area contributed by atoms with Crippen LogP contribution in [0.1, 0.15) is 12.6 Å². The van der Waals surface area contributed by atoms with Crippen molar-refractivity contribution >= 4 is 21.7 Å². The SMILES string of the molecule is CCc1cc(NS(=O)(=O)c2cn[nH]c2N)n[nH]1. The zero-order valence-electron chi connectivity index (χ0n) is 9.06. The van der Waals surface area contributed by atoms with Gasteiger partial charge in [0.1, 0.15) is 10.7 Å². The van der Waals surface area contributed by atoms with Crippen molar-refractivity contribution in [1.82, 2.24) is 20.4 Å². The molecule has 0 aliphatic heterocycles. The summed E-state index contributed by atoms with van der Waals surface area (Å²) in [5, 5.41) is 12.4. The maximum absolute atomic E-state index is 11.9. The van der Waals surface area contributed by atoms with Crippen LogP contribution in [0.4, 0.5) is 11.6 Å². The van der Waals surface area contributed by atoms with Crippen LogP contribution in [-0.2, 0) is 16.4 Å². The van der Waals surface area contributed by atoms with Gasteiger partial charge in [0.2, 0.25) is 0 Å².